The third-order valence-electron chi connectivity index (χ3n) is 3.32. The Morgan fingerprint density at radius 3 is 2.76 bits per heavy atom. The van der Waals surface area contributed by atoms with Gasteiger partial charge in [-0.1, -0.05) is 23.4 Å². The van der Waals surface area contributed by atoms with Gasteiger partial charge in [0, 0.05) is 16.8 Å². The fraction of sp³-hybridized carbons (Fsp3) is 0.176. The van der Waals surface area contributed by atoms with E-state index in [0.717, 1.165) is 14.6 Å². The van der Waals surface area contributed by atoms with Gasteiger partial charge >= 0.3 is 0 Å². The third-order valence-corrected chi connectivity index (χ3v) is 5.74. The molecule has 2 aromatic carbocycles. The lowest BCUT2D eigenvalue weighted by molar-refractivity contribution is -0.113. The van der Waals surface area contributed by atoms with Crippen molar-refractivity contribution in [3.05, 3.63) is 41.4 Å². The van der Waals surface area contributed by atoms with Crippen LogP contribution in [0.1, 0.15) is 0 Å². The number of ether oxygens (including phenoxy) is 2. The Kier molecular flexibility index (Phi) is 5.67. The fourth-order valence-electron chi connectivity index (χ4n) is 2.18. The van der Waals surface area contributed by atoms with Gasteiger partial charge in [-0.2, -0.15) is 0 Å². The summed E-state index contributed by atoms with van der Waals surface area (Å²) in [6.07, 6.45) is 0. The Balaban J connectivity index is 1.62. The molecule has 0 saturated carbocycles. The van der Waals surface area contributed by atoms with E-state index < -0.39 is 0 Å². The zero-order chi connectivity index (χ0) is 17.8. The van der Waals surface area contributed by atoms with Crippen molar-refractivity contribution in [2.24, 2.45) is 0 Å². The van der Waals surface area contributed by atoms with Crippen LogP contribution in [0.2, 0.25) is 5.02 Å². The molecule has 5 nitrogen and oxygen atoms in total. The normalized spacial score (nSPS) is 10.7. The lowest BCUT2D eigenvalue weighted by Crippen LogP contribution is -2.14. The van der Waals surface area contributed by atoms with E-state index in [1.165, 1.54) is 11.8 Å². The van der Waals surface area contributed by atoms with Gasteiger partial charge in [-0.05, 0) is 30.3 Å². The number of benzene rings is 2. The van der Waals surface area contributed by atoms with Gasteiger partial charge in [0.15, 0.2) is 15.8 Å². The van der Waals surface area contributed by atoms with Crippen LogP contribution in [0.15, 0.2) is 40.7 Å². The Bertz CT molecular complexity index is 914. The van der Waals surface area contributed by atoms with E-state index in [1.54, 1.807) is 43.8 Å². The molecule has 0 aliphatic rings. The number of thioether (sulfide) groups is 1. The fourth-order valence-corrected chi connectivity index (χ4v) is 4.19. The molecule has 0 unspecified atom stereocenters. The first-order chi connectivity index (χ1) is 12.1. The van der Waals surface area contributed by atoms with E-state index in [9.17, 15) is 4.79 Å². The predicted octanol–water partition coefficient (Wildman–Crippen LogP) is 4.70. The summed E-state index contributed by atoms with van der Waals surface area (Å²) in [6, 6.07) is 10.8. The second kappa shape index (κ2) is 7.95. The van der Waals surface area contributed by atoms with Crippen molar-refractivity contribution in [3.63, 3.8) is 0 Å². The molecule has 1 heterocycles. The van der Waals surface area contributed by atoms with E-state index in [1.807, 2.05) is 18.2 Å². The topological polar surface area (TPSA) is 60.5 Å². The number of aromatic nitrogens is 1. The van der Waals surface area contributed by atoms with Crippen LogP contribution in [0.5, 0.6) is 11.5 Å². The molecule has 3 rings (SSSR count). The first-order valence-corrected chi connectivity index (χ1v) is 9.48. The van der Waals surface area contributed by atoms with Crippen LogP contribution in [0, 0.1) is 0 Å². The minimum atomic E-state index is -0.116. The number of carbonyl (C=O) groups excluding carboxylic acids is 1. The number of amides is 1. The largest absolute Gasteiger partial charge is 0.493 e. The Hall–Kier alpha value is -1.96. The molecule has 0 atom stereocenters. The molecule has 25 heavy (non-hydrogen) atoms. The van der Waals surface area contributed by atoms with Crippen molar-refractivity contribution in [2.75, 3.05) is 25.3 Å². The van der Waals surface area contributed by atoms with Crippen molar-refractivity contribution in [1.82, 2.24) is 4.98 Å². The number of fused-ring (bicyclic) bond motifs is 1. The van der Waals surface area contributed by atoms with Crippen LogP contribution in [-0.2, 0) is 4.79 Å². The van der Waals surface area contributed by atoms with Gasteiger partial charge in [-0.3, -0.25) is 4.79 Å². The molecule has 0 fully saturated rings. The molecule has 0 saturated heterocycles. The zero-order valence-electron chi connectivity index (χ0n) is 13.5. The van der Waals surface area contributed by atoms with E-state index in [-0.39, 0.29) is 11.7 Å². The van der Waals surface area contributed by atoms with Crippen molar-refractivity contribution >= 4 is 56.5 Å². The lowest BCUT2D eigenvalue weighted by Gasteiger charge is -2.10. The van der Waals surface area contributed by atoms with E-state index >= 15 is 0 Å². The minimum Gasteiger partial charge on any atom is -0.493 e. The highest BCUT2D eigenvalue weighted by atomic mass is 35.5. The van der Waals surface area contributed by atoms with E-state index in [2.05, 4.69) is 10.3 Å². The number of halogens is 1. The maximum Gasteiger partial charge on any atom is 0.234 e. The maximum absolute atomic E-state index is 12.2. The number of hydrogen-bond donors (Lipinski definition) is 1. The summed E-state index contributed by atoms with van der Waals surface area (Å²) in [7, 11) is 3.12. The summed E-state index contributed by atoms with van der Waals surface area (Å²) in [5, 5.41) is 3.49. The average molecular weight is 395 g/mol. The highest BCUT2D eigenvalue weighted by molar-refractivity contribution is 8.01. The van der Waals surface area contributed by atoms with Crippen LogP contribution in [0.3, 0.4) is 0 Å². The molecule has 1 amide bonds. The number of carbonyl (C=O) groups is 1. The van der Waals surface area contributed by atoms with Crippen molar-refractivity contribution in [2.45, 2.75) is 4.34 Å². The number of nitrogens with zero attached hydrogens (tertiary/aromatic N) is 1. The monoisotopic (exact) mass is 394 g/mol. The van der Waals surface area contributed by atoms with Gasteiger partial charge in [0.05, 0.1) is 30.2 Å². The quantitative estimate of drug-likeness (QED) is 0.614. The maximum atomic E-state index is 12.2. The van der Waals surface area contributed by atoms with Crippen LogP contribution >= 0.6 is 34.7 Å². The first kappa shape index (κ1) is 17.8. The van der Waals surface area contributed by atoms with E-state index in [0.29, 0.717) is 22.2 Å². The number of rotatable bonds is 6. The molecule has 0 spiro atoms. The molecule has 1 N–H and O–H groups in total. The Labute approximate surface area is 158 Å². The zero-order valence-corrected chi connectivity index (χ0v) is 15.9. The van der Waals surface area contributed by atoms with Gasteiger partial charge in [0.25, 0.3) is 0 Å². The second-order valence-corrected chi connectivity index (χ2v) is 7.69. The molecule has 3 aromatic rings. The average Bonchev–Trinajstić information content (AvgIpc) is 3.01. The molecule has 0 radical (unpaired) electrons. The van der Waals surface area contributed by atoms with Crippen LogP contribution < -0.4 is 14.8 Å². The smallest absolute Gasteiger partial charge is 0.234 e. The third kappa shape index (κ3) is 4.36. The van der Waals surface area contributed by atoms with E-state index in [4.69, 9.17) is 21.1 Å². The van der Waals surface area contributed by atoms with Gasteiger partial charge in [0.1, 0.15) is 0 Å². The number of anilines is 1. The molecular weight excluding hydrogens is 380 g/mol. The summed E-state index contributed by atoms with van der Waals surface area (Å²) in [4.78, 5) is 16.6. The standard InChI is InChI=1S/C17H15ClN2O3S2/c1-22-13-5-4-11(8-14(13)23-2)19-16(21)9-24-17-20-12-7-10(18)3-6-15(12)25-17/h3-8H,9H2,1-2H3,(H,19,21). The van der Waals surface area contributed by atoms with Crippen LogP contribution in [0.25, 0.3) is 10.2 Å². The minimum absolute atomic E-state index is 0.116. The van der Waals surface area contributed by atoms with Crippen LogP contribution in [-0.4, -0.2) is 30.9 Å². The first-order valence-electron chi connectivity index (χ1n) is 7.30. The Morgan fingerprint density at radius 1 is 1.20 bits per heavy atom. The van der Waals surface area contributed by atoms with Gasteiger partial charge < -0.3 is 14.8 Å². The molecule has 1 aromatic heterocycles. The summed E-state index contributed by atoms with van der Waals surface area (Å²) in [6.45, 7) is 0. The molecule has 8 heteroatoms. The number of nitrogens with one attached hydrogen (secondary N) is 1. The summed E-state index contributed by atoms with van der Waals surface area (Å²) < 4.78 is 12.3. The second-order valence-electron chi connectivity index (χ2n) is 5.00. The summed E-state index contributed by atoms with van der Waals surface area (Å²) in [5.41, 5.74) is 1.50. The van der Waals surface area contributed by atoms with Crippen molar-refractivity contribution < 1.29 is 14.3 Å². The molecular formula is C17H15ClN2O3S2. The SMILES string of the molecule is COc1ccc(NC(=O)CSc2nc3cc(Cl)ccc3s2)cc1OC. The molecule has 130 valence electrons. The summed E-state index contributed by atoms with van der Waals surface area (Å²) >= 11 is 8.90. The highest BCUT2D eigenvalue weighted by Crippen LogP contribution is 2.32. The summed E-state index contributed by atoms with van der Waals surface area (Å²) in [5.74, 6) is 1.33. The number of methoxy groups -OCH3 is 2. The van der Waals surface area contributed by atoms with Gasteiger partial charge in [0.2, 0.25) is 5.91 Å². The van der Waals surface area contributed by atoms with Gasteiger partial charge in [-0.15, -0.1) is 11.3 Å². The number of thiazole rings is 1. The molecule has 0 bridgehead atoms. The van der Waals surface area contributed by atoms with Crippen LogP contribution in [0.4, 0.5) is 5.69 Å². The Morgan fingerprint density at radius 2 is 2.00 bits per heavy atom. The highest BCUT2D eigenvalue weighted by Gasteiger charge is 2.10. The predicted molar refractivity (Wildman–Crippen MR) is 104 cm³/mol. The van der Waals surface area contributed by atoms with Crippen molar-refractivity contribution in [3.8, 4) is 11.5 Å². The van der Waals surface area contributed by atoms with Crippen molar-refractivity contribution in [1.29, 1.82) is 0 Å². The molecule has 0 aliphatic carbocycles. The molecule has 0 aliphatic heterocycles. The lowest BCUT2D eigenvalue weighted by atomic mass is 10.2. The van der Waals surface area contributed by atoms with Gasteiger partial charge in [-0.25, -0.2) is 4.98 Å². The number of hydrogen-bond acceptors (Lipinski definition) is 6.